The predicted octanol–water partition coefficient (Wildman–Crippen LogP) is 2.57. The molecule has 0 bridgehead atoms. The van der Waals surface area contributed by atoms with Crippen molar-refractivity contribution in [3.63, 3.8) is 0 Å². The van der Waals surface area contributed by atoms with Crippen LogP contribution in [0.4, 0.5) is 5.69 Å². The first-order chi connectivity index (χ1) is 8.22. The van der Waals surface area contributed by atoms with Crippen molar-refractivity contribution in [2.24, 2.45) is 0 Å². The van der Waals surface area contributed by atoms with E-state index < -0.39 is 0 Å². The summed E-state index contributed by atoms with van der Waals surface area (Å²) in [6.07, 6.45) is 2.59. The highest BCUT2D eigenvalue weighted by Gasteiger charge is 2.16. The maximum absolute atomic E-state index is 5.64. The first-order valence-electron chi connectivity index (χ1n) is 5.76. The lowest BCUT2D eigenvalue weighted by Gasteiger charge is -2.18. The van der Waals surface area contributed by atoms with E-state index in [2.05, 4.69) is 17.6 Å². The van der Waals surface area contributed by atoms with E-state index in [0.717, 1.165) is 29.2 Å². The first kappa shape index (κ1) is 11.6. The Bertz CT molecular complexity index is 429. The maximum Gasteiger partial charge on any atom is 0.247 e. The molecule has 0 saturated heterocycles. The number of methoxy groups -OCH3 is 1. The molecular formula is C13H18N2O2. The molecule has 0 fully saturated rings. The Morgan fingerprint density at radius 3 is 2.94 bits per heavy atom. The van der Waals surface area contributed by atoms with Gasteiger partial charge in [-0.05, 0) is 18.6 Å². The molecule has 1 heterocycles. The van der Waals surface area contributed by atoms with Crippen molar-refractivity contribution in [3.8, 4) is 5.75 Å². The van der Waals surface area contributed by atoms with Gasteiger partial charge in [0.15, 0.2) is 0 Å². The molecule has 4 heteroatoms. The van der Waals surface area contributed by atoms with Crippen LogP contribution in [0.5, 0.6) is 5.75 Å². The summed E-state index contributed by atoms with van der Waals surface area (Å²) >= 11 is 0. The van der Waals surface area contributed by atoms with Crippen LogP contribution >= 0.6 is 0 Å². The monoisotopic (exact) mass is 234 g/mol. The smallest absolute Gasteiger partial charge is 0.247 e. The fraction of sp³-hybridized carbons (Fsp3) is 0.385. The Morgan fingerprint density at radius 1 is 1.47 bits per heavy atom. The Balaban J connectivity index is 2.04. The maximum atomic E-state index is 5.64. The highest BCUT2D eigenvalue weighted by Crippen LogP contribution is 2.23. The molecule has 92 valence electrons. The third-order valence-corrected chi connectivity index (χ3v) is 2.74. The van der Waals surface area contributed by atoms with Gasteiger partial charge in [-0.2, -0.15) is 0 Å². The normalized spacial score (nSPS) is 18.1. The average molecular weight is 234 g/mol. The number of nitrogens with one attached hydrogen (secondary N) is 2. The van der Waals surface area contributed by atoms with E-state index in [-0.39, 0.29) is 6.35 Å². The molecule has 1 aliphatic rings. The molecule has 0 aliphatic carbocycles. The Labute approximate surface area is 102 Å². The lowest BCUT2D eigenvalue weighted by atomic mass is 10.2. The average Bonchev–Trinajstić information content (AvgIpc) is 2.80. The van der Waals surface area contributed by atoms with Crippen molar-refractivity contribution in [2.75, 3.05) is 12.4 Å². The van der Waals surface area contributed by atoms with E-state index in [1.807, 2.05) is 31.3 Å². The predicted molar refractivity (Wildman–Crippen MR) is 67.7 cm³/mol. The van der Waals surface area contributed by atoms with Crippen molar-refractivity contribution in [1.82, 2.24) is 5.32 Å². The summed E-state index contributed by atoms with van der Waals surface area (Å²) in [5.41, 5.74) is 2.16. The summed E-state index contributed by atoms with van der Waals surface area (Å²) in [6.45, 7) is 4.11. The van der Waals surface area contributed by atoms with Gasteiger partial charge in [0.05, 0.1) is 7.11 Å². The summed E-state index contributed by atoms with van der Waals surface area (Å²) in [6, 6.07) is 5.92. The molecule has 0 amide bonds. The molecular weight excluding hydrogens is 216 g/mol. The van der Waals surface area contributed by atoms with Gasteiger partial charge in [-0.15, -0.1) is 0 Å². The van der Waals surface area contributed by atoms with E-state index in [0.29, 0.717) is 0 Å². The van der Waals surface area contributed by atoms with Crippen LogP contribution in [0.15, 0.2) is 30.2 Å². The van der Waals surface area contributed by atoms with Gasteiger partial charge >= 0.3 is 0 Å². The molecule has 0 radical (unpaired) electrons. The molecule has 1 aromatic rings. The SMILES string of the molecule is CCC1=CNC(Nc2cc(OC)ccc2C)O1. The zero-order valence-corrected chi connectivity index (χ0v) is 10.4. The summed E-state index contributed by atoms with van der Waals surface area (Å²) in [7, 11) is 1.66. The van der Waals surface area contributed by atoms with Gasteiger partial charge in [-0.25, -0.2) is 0 Å². The van der Waals surface area contributed by atoms with Crippen molar-refractivity contribution in [1.29, 1.82) is 0 Å². The number of hydrogen-bond donors (Lipinski definition) is 2. The van der Waals surface area contributed by atoms with Crippen molar-refractivity contribution >= 4 is 5.69 Å². The summed E-state index contributed by atoms with van der Waals surface area (Å²) in [4.78, 5) is 0. The molecule has 2 N–H and O–H groups in total. The van der Waals surface area contributed by atoms with E-state index in [1.54, 1.807) is 7.11 Å². The van der Waals surface area contributed by atoms with Crippen LogP contribution in [-0.2, 0) is 4.74 Å². The van der Waals surface area contributed by atoms with Gasteiger partial charge in [0, 0.05) is 24.4 Å². The summed E-state index contributed by atoms with van der Waals surface area (Å²) in [5.74, 6) is 1.79. The van der Waals surface area contributed by atoms with Gasteiger partial charge < -0.3 is 20.1 Å². The van der Waals surface area contributed by atoms with E-state index >= 15 is 0 Å². The van der Waals surface area contributed by atoms with Crippen LogP contribution in [0.3, 0.4) is 0 Å². The van der Waals surface area contributed by atoms with Gasteiger partial charge in [0.2, 0.25) is 6.35 Å². The number of allylic oxidation sites excluding steroid dienone is 1. The van der Waals surface area contributed by atoms with Gasteiger partial charge in [-0.3, -0.25) is 0 Å². The molecule has 0 saturated carbocycles. The molecule has 0 spiro atoms. The zero-order valence-electron chi connectivity index (χ0n) is 10.4. The standard InChI is InChI=1S/C13H18N2O2/c1-4-10-8-14-13(17-10)15-12-7-11(16-3)6-5-9(12)2/h5-8,13-15H,4H2,1-3H3. The minimum Gasteiger partial charge on any atom is -0.497 e. The second-order valence-corrected chi connectivity index (χ2v) is 3.95. The summed E-state index contributed by atoms with van der Waals surface area (Å²) < 4.78 is 10.8. The molecule has 2 rings (SSSR count). The second-order valence-electron chi connectivity index (χ2n) is 3.95. The molecule has 0 aromatic heterocycles. The number of rotatable bonds is 4. The first-order valence-corrected chi connectivity index (χ1v) is 5.76. The van der Waals surface area contributed by atoms with Gasteiger partial charge in [0.1, 0.15) is 11.5 Å². The Hall–Kier alpha value is -1.84. The van der Waals surface area contributed by atoms with Gasteiger partial charge in [-0.1, -0.05) is 13.0 Å². The van der Waals surface area contributed by atoms with Crippen LogP contribution in [0, 0.1) is 6.92 Å². The van der Waals surface area contributed by atoms with E-state index in [9.17, 15) is 0 Å². The number of aryl methyl sites for hydroxylation is 1. The lowest BCUT2D eigenvalue weighted by molar-refractivity contribution is 0.147. The third kappa shape index (κ3) is 2.64. The molecule has 4 nitrogen and oxygen atoms in total. The Kier molecular flexibility index (Phi) is 3.42. The minimum atomic E-state index is -0.198. The van der Waals surface area contributed by atoms with Crippen molar-refractivity contribution in [3.05, 3.63) is 35.7 Å². The van der Waals surface area contributed by atoms with Crippen LogP contribution in [-0.4, -0.2) is 13.5 Å². The molecule has 1 aromatic carbocycles. The quantitative estimate of drug-likeness (QED) is 0.840. The largest absolute Gasteiger partial charge is 0.497 e. The molecule has 1 aliphatic heterocycles. The lowest BCUT2D eigenvalue weighted by Crippen LogP contribution is -2.30. The minimum absolute atomic E-state index is 0.198. The Morgan fingerprint density at radius 2 is 2.29 bits per heavy atom. The molecule has 17 heavy (non-hydrogen) atoms. The van der Waals surface area contributed by atoms with Crippen LogP contribution in [0.2, 0.25) is 0 Å². The van der Waals surface area contributed by atoms with Crippen LogP contribution in [0.1, 0.15) is 18.9 Å². The number of benzene rings is 1. The highest BCUT2D eigenvalue weighted by molar-refractivity contribution is 5.55. The number of ether oxygens (including phenoxy) is 2. The highest BCUT2D eigenvalue weighted by atomic mass is 16.5. The van der Waals surface area contributed by atoms with Crippen LogP contribution in [0.25, 0.3) is 0 Å². The zero-order chi connectivity index (χ0) is 12.3. The van der Waals surface area contributed by atoms with Gasteiger partial charge in [0.25, 0.3) is 0 Å². The van der Waals surface area contributed by atoms with Crippen molar-refractivity contribution < 1.29 is 9.47 Å². The number of anilines is 1. The fourth-order valence-corrected chi connectivity index (χ4v) is 1.67. The third-order valence-electron chi connectivity index (χ3n) is 2.74. The van der Waals surface area contributed by atoms with E-state index in [4.69, 9.17) is 9.47 Å². The van der Waals surface area contributed by atoms with Crippen LogP contribution < -0.4 is 15.4 Å². The summed E-state index contributed by atoms with van der Waals surface area (Å²) in [5, 5.41) is 6.42. The second kappa shape index (κ2) is 4.99. The molecule has 1 unspecified atom stereocenters. The van der Waals surface area contributed by atoms with Crippen molar-refractivity contribution in [2.45, 2.75) is 26.6 Å². The molecule has 1 atom stereocenters. The fourth-order valence-electron chi connectivity index (χ4n) is 1.67. The topological polar surface area (TPSA) is 42.5 Å². The number of hydrogen-bond acceptors (Lipinski definition) is 4. The van der Waals surface area contributed by atoms with E-state index in [1.165, 1.54) is 0 Å².